The summed E-state index contributed by atoms with van der Waals surface area (Å²) in [4.78, 5) is 1.48. The SMILES string of the molecule is BrCc1cccc2c1SCCNC2. The van der Waals surface area contributed by atoms with Crippen LogP contribution < -0.4 is 5.32 Å². The van der Waals surface area contributed by atoms with Crippen LogP contribution in [0.2, 0.25) is 0 Å². The van der Waals surface area contributed by atoms with Gasteiger partial charge in [-0.3, -0.25) is 0 Å². The van der Waals surface area contributed by atoms with Gasteiger partial charge in [0.1, 0.15) is 0 Å². The first-order chi connectivity index (χ1) is 6.42. The van der Waals surface area contributed by atoms with Crippen LogP contribution in [0.5, 0.6) is 0 Å². The predicted molar refractivity (Wildman–Crippen MR) is 61.5 cm³/mol. The van der Waals surface area contributed by atoms with Gasteiger partial charge in [-0.25, -0.2) is 0 Å². The van der Waals surface area contributed by atoms with E-state index in [-0.39, 0.29) is 0 Å². The second-order valence-electron chi connectivity index (χ2n) is 3.06. The number of nitrogens with one attached hydrogen (secondary N) is 1. The predicted octanol–water partition coefficient (Wildman–Crippen LogP) is 2.78. The molecule has 1 N–H and O–H groups in total. The molecule has 1 aromatic rings. The average molecular weight is 258 g/mol. The molecule has 70 valence electrons. The molecule has 0 spiro atoms. The van der Waals surface area contributed by atoms with Crippen LogP contribution in [0.3, 0.4) is 0 Å². The van der Waals surface area contributed by atoms with Gasteiger partial charge in [0.05, 0.1) is 0 Å². The quantitative estimate of drug-likeness (QED) is 0.777. The lowest BCUT2D eigenvalue weighted by Crippen LogP contribution is -2.13. The molecule has 0 amide bonds. The van der Waals surface area contributed by atoms with Gasteiger partial charge in [-0.1, -0.05) is 34.1 Å². The van der Waals surface area contributed by atoms with E-state index in [9.17, 15) is 0 Å². The third-order valence-corrected chi connectivity index (χ3v) is 3.99. The molecule has 0 unspecified atom stereocenters. The molecule has 0 saturated heterocycles. The molecule has 1 nitrogen and oxygen atoms in total. The largest absolute Gasteiger partial charge is 0.312 e. The highest BCUT2D eigenvalue weighted by Gasteiger charge is 2.10. The van der Waals surface area contributed by atoms with E-state index in [0.717, 1.165) is 18.4 Å². The minimum absolute atomic E-state index is 0.961. The van der Waals surface area contributed by atoms with Crippen LogP contribution in [-0.2, 0) is 11.9 Å². The summed E-state index contributed by atoms with van der Waals surface area (Å²) >= 11 is 5.50. The number of halogens is 1. The maximum absolute atomic E-state index is 3.53. The molecule has 0 saturated carbocycles. The summed E-state index contributed by atoms with van der Waals surface area (Å²) in [5.41, 5.74) is 2.87. The van der Waals surface area contributed by atoms with Gasteiger partial charge in [-0.05, 0) is 11.1 Å². The Bertz CT molecular complexity index is 301. The van der Waals surface area contributed by atoms with E-state index < -0.39 is 0 Å². The molecule has 0 radical (unpaired) electrons. The van der Waals surface area contributed by atoms with Gasteiger partial charge in [0.2, 0.25) is 0 Å². The number of alkyl halides is 1. The molecule has 13 heavy (non-hydrogen) atoms. The lowest BCUT2D eigenvalue weighted by molar-refractivity contribution is 0.731. The molecule has 1 aliphatic rings. The highest BCUT2D eigenvalue weighted by atomic mass is 79.9. The summed E-state index contributed by atoms with van der Waals surface area (Å²) in [5.74, 6) is 1.18. The molecule has 0 fully saturated rings. The van der Waals surface area contributed by atoms with Crippen LogP contribution in [0.25, 0.3) is 0 Å². The minimum atomic E-state index is 0.961. The lowest BCUT2D eigenvalue weighted by atomic mass is 10.1. The third-order valence-electron chi connectivity index (χ3n) is 2.16. The van der Waals surface area contributed by atoms with Gasteiger partial charge in [-0.2, -0.15) is 0 Å². The zero-order chi connectivity index (χ0) is 9.10. The van der Waals surface area contributed by atoms with E-state index in [2.05, 4.69) is 39.4 Å². The minimum Gasteiger partial charge on any atom is -0.312 e. The van der Waals surface area contributed by atoms with E-state index in [0.29, 0.717) is 0 Å². The van der Waals surface area contributed by atoms with E-state index in [1.165, 1.54) is 21.8 Å². The standard InChI is InChI=1S/C10H12BrNS/c11-6-8-2-1-3-9-7-12-4-5-13-10(8)9/h1-3,12H,4-7H2. The summed E-state index contributed by atoms with van der Waals surface area (Å²) < 4.78 is 0. The number of fused-ring (bicyclic) bond motifs is 1. The summed E-state index contributed by atoms with van der Waals surface area (Å²) in [7, 11) is 0. The van der Waals surface area contributed by atoms with Gasteiger partial charge in [0.25, 0.3) is 0 Å². The Morgan fingerprint density at radius 1 is 1.46 bits per heavy atom. The molecule has 0 aliphatic carbocycles. The second kappa shape index (κ2) is 4.49. The monoisotopic (exact) mass is 257 g/mol. The normalized spacial score (nSPS) is 16.4. The molecule has 1 aliphatic heterocycles. The van der Waals surface area contributed by atoms with E-state index in [4.69, 9.17) is 0 Å². The lowest BCUT2D eigenvalue weighted by Gasteiger charge is -2.08. The maximum Gasteiger partial charge on any atom is 0.0294 e. The van der Waals surface area contributed by atoms with Crippen LogP contribution >= 0.6 is 27.7 Å². The fraction of sp³-hybridized carbons (Fsp3) is 0.400. The fourth-order valence-electron chi connectivity index (χ4n) is 1.52. The number of thioether (sulfide) groups is 1. The van der Waals surface area contributed by atoms with Crippen molar-refractivity contribution in [2.24, 2.45) is 0 Å². The smallest absolute Gasteiger partial charge is 0.0294 e. The van der Waals surface area contributed by atoms with Crippen LogP contribution in [0.15, 0.2) is 23.1 Å². The van der Waals surface area contributed by atoms with Crippen molar-refractivity contribution in [1.82, 2.24) is 5.32 Å². The Hall–Kier alpha value is 0.01000. The summed E-state index contributed by atoms with van der Waals surface area (Å²) in [5, 5.41) is 4.38. The van der Waals surface area contributed by atoms with E-state index in [1.54, 1.807) is 0 Å². The molecular formula is C10H12BrNS. The van der Waals surface area contributed by atoms with Crippen molar-refractivity contribution in [3.05, 3.63) is 29.3 Å². The van der Waals surface area contributed by atoms with Crippen LogP contribution in [0.4, 0.5) is 0 Å². The first-order valence-electron chi connectivity index (χ1n) is 4.42. The first-order valence-corrected chi connectivity index (χ1v) is 6.53. The number of benzene rings is 1. The van der Waals surface area contributed by atoms with Crippen LogP contribution in [0, 0.1) is 0 Å². The molecular weight excluding hydrogens is 246 g/mol. The highest BCUT2D eigenvalue weighted by molar-refractivity contribution is 9.08. The van der Waals surface area contributed by atoms with Crippen molar-refractivity contribution in [1.29, 1.82) is 0 Å². The summed E-state index contributed by atoms with van der Waals surface area (Å²) in [6, 6.07) is 6.56. The van der Waals surface area contributed by atoms with Gasteiger partial charge >= 0.3 is 0 Å². The Kier molecular flexibility index (Phi) is 3.30. The topological polar surface area (TPSA) is 12.0 Å². The molecule has 0 aromatic heterocycles. The van der Waals surface area contributed by atoms with E-state index in [1.807, 2.05) is 11.8 Å². The van der Waals surface area contributed by atoms with Crippen LogP contribution in [0.1, 0.15) is 11.1 Å². The van der Waals surface area contributed by atoms with Crippen molar-refractivity contribution >= 4 is 27.7 Å². The third kappa shape index (κ3) is 2.09. The average Bonchev–Trinajstić information content (AvgIpc) is 2.41. The molecule has 2 rings (SSSR count). The summed E-state index contributed by atoms with van der Waals surface area (Å²) in [6.07, 6.45) is 0. The highest BCUT2D eigenvalue weighted by Crippen LogP contribution is 2.29. The van der Waals surface area contributed by atoms with Crippen molar-refractivity contribution in [2.45, 2.75) is 16.8 Å². The Morgan fingerprint density at radius 2 is 2.38 bits per heavy atom. The van der Waals surface area contributed by atoms with Crippen molar-refractivity contribution < 1.29 is 0 Å². The molecule has 3 heteroatoms. The zero-order valence-electron chi connectivity index (χ0n) is 7.35. The number of rotatable bonds is 1. The second-order valence-corrected chi connectivity index (χ2v) is 4.73. The Morgan fingerprint density at radius 3 is 3.23 bits per heavy atom. The number of hydrogen-bond acceptors (Lipinski definition) is 2. The first kappa shape index (κ1) is 9.56. The Balaban J connectivity index is 2.40. The molecule has 0 atom stereocenters. The molecule has 1 heterocycles. The van der Waals surface area contributed by atoms with Crippen molar-refractivity contribution in [2.75, 3.05) is 12.3 Å². The van der Waals surface area contributed by atoms with Gasteiger partial charge < -0.3 is 5.32 Å². The molecule has 1 aromatic carbocycles. The zero-order valence-corrected chi connectivity index (χ0v) is 9.75. The van der Waals surface area contributed by atoms with Gasteiger partial charge in [0.15, 0.2) is 0 Å². The fourth-order valence-corrected chi connectivity index (χ4v) is 3.27. The van der Waals surface area contributed by atoms with Gasteiger partial charge in [0, 0.05) is 29.1 Å². The molecule has 0 bridgehead atoms. The van der Waals surface area contributed by atoms with Gasteiger partial charge in [-0.15, -0.1) is 11.8 Å². The number of hydrogen-bond donors (Lipinski definition) is 1. The Labute approximate surface area is 91.4 Å². The van der Waals surface area contributed by atoms with Crippen molar-refractivity contribution in [3.8, 4) is 0 Å². The van der Waals surface area contributed by atoms with Crippen LogP contribution in [-0.4, -0.2) is 12.3 Å². The maximum atomic E-state index is 3.53. The summed E-state index contributed by atoms with van der Waals surface area (Å²) in [6.45, 7) is 2.13. The van der Waals surface area contributed by atoms with E-state index >= 15 is 0 Å². The van der Waals surface area contributed by atoms with Crippen molar-refractivity contribution in [3.63, 3.8) is 0 Å².